The smallest absolute Gasteiger partial charge is 0.0996 e. The molecule has 1 aromatic carbocycles. The number of nitrogens with zero attached hydrogens (tertiary/aromatic N) is 2. The number of imidazole rings is 1. The standard InChI is InChI=1S/C12H14N2O/c1-2-10-4-3-5-12(6-10)14-7-11(8-15)13-9-14/h3-7,9,15H,2,8H2,1H3. The van der Waals surface area contributed by atoms with Crippen molar-refractivity contribution in [1.82, 2.24) is 9.55 Å². The van der Waals surface area contributed by atoms with Gasteiger partial charge in [0.25, 0.3) is 0 Å². The van der Waals surface area contributed by atoms with Gasteiger partial charge in [-0.1, -0.05) is 19.1 Å². The maximum Gasteiger partial charge on any atom is 0.0996 e. The first-order chi connectivity index (χ1) is 7.33. The van der Waals surface area contributed by atoms with Crippen molar-refractivity contribution in [3.8, 4) is 5.69 Å². The lowest BCUT2D eigenvalue weighted by atomic mass is 10.1. The average molecular weight is 202 g/mol. The van der Waals surface area contributed by atoms with Crippen LogP contribution in [0.15, 0.2) is 36.8 Å². The van der Waals surface area contributed by atoms with Gasteiger partial charge in [0.2, 0.25) is 0 Å². The highest BCUT2D eigenvalue weighted by Crippen LogP contribution is 2.11. The van der Waals surface area contributed by atoms with Gasteiger partial charge in [-0.2, -0.15) is 0 Å². The largest absolute Gasteiger partial charge is 0.390 e. The zero-order valence-corrected chi connectivity index (χ0v) is 8.72. The van der Waals surface area contributed by atoms with Crippen LogP contribution in [0, 0.1) is 0 Å². The zero-order valence-electron chi connectivity index (χ0n) is 8.72. The highest BCUT2D eigenvalue weighted by molar-refractivity contribution is 5.36. The Hall–Kier alpha value is -1.61. The summed E-state index contributed by atoms with van der Waals surface area (Å²) < 4.78 is 1.92. The summed E-state index contributed by atoms with van der Waals surface area (Å²) in [6.45, 7) is 2.12. The van der Waals surface area contributed by atoms with Gasteiger partial charge in [0, 0.05) is 11.9 Å². The van der Waals surface area contributed by atoms with Crippen LogP contribution in [0.1, 0.15) is 18.2 Å². The normalized spacial score (nSPS) is 10.5. The molecule has 0 saturated heterocycles. The quantitative estimate of drug-likeness (QED) is 0.825. The third-order valence-electron chi connectivity index (χ3n) is 2.42. The van der Waals surface area contributed by atoms with Gasteiger partial charge in [-0.25, -0.2) is 4.98 Å². The van der Waals surface area contributed by atoms with Crippen LogP contribution in [0.5, 0.6) is 0 Å². The predicted octanol–water partition coefficient (Wildman–Crippen LogP) is 1.93. The number of aryl methyl sites for hydroxylation is 1. The molecule has 78 valence electrons. The van der Waals surface area contributed by atoms with Crippen molar-refractivity contribution < 1.29 is 5.11 Å². The summed E-state index contributed by atoms with van der Waals surface area (Å²) in [7, 11) is 0. The predicted molar refractivity (Wildman–Crippen MR) is 58.9 cm³/mol. The summed E-state index contributed by atoms with van der Waals surface area (Å²) in [5.41, 5.74) is 3.07. The van der Waals surface area contributed by atoms with Gasteiger partial charge in [0.15, 0.2) is 0 Å². The maximum absolute atomic E-state index is 8.92. The summed E-state index contributed by atoms with van der Waals surface area (Å²) in [6.07, 6.45) is 4.59. The minimum atomic E-state index is -0.0134. The van der Waals surface area contributed by atoms with Crippen LogP contribution in [-0.2, 0) is 13.0 Å². The van der Waals surface area contributed by atoms with Gasteiger partial charge in [-0.05, 0) is 24.1 Å². The number of benzene rings is 1. The third kappa shape index (κ3) is 2.07. The Morgan fingerprint density at radius 1 is 1.40 bits per heavy atom. The van der Waals surface area contributed by atoms with E-state index >= 15 is 0 Å². The summed E-state index contributed by atoms with van der Waals surface area (Å²) in [6, 6.07) is 8.30. The Morgan fingerprint density at radius 3 is 2.93 bits per heavy atom. The molecule has 0 amide bonds. The van der Waals surface area contributed by atoms with Crippen LogP contribution >= 0.6 is 0 Å². The number of rotatable bonds is 3. The third-order valence-corrected chi connectivity index (χ3v) is 2.42. The van der Waals surface area contributed by atoms with E-state index in [-0.39, 0.29) is 6.61 Å². The fourth-order valence-electron chi connectivity index (χ4n) is 1.52. The maximum atomic E-state index is 8.92. The van der Waals surface area contributed by atoms with Gasteiger partial charge >= 0.3 is 0 Å². The van der Waals surface area contributed by atoms with E-state index in [1.165, 1.54) is 5.56 Å². The molecule has 0 aliphatic heterocycles. The van der Waals surface area contributed by atoms with Gasteiger partial charge < -0.3 is 9.67 Å². The van der Waals surface area contributed by atoms with E-state index in [1.807, 2.05) is 22.9 Å². The van der Waals surface area contributed by atoms with Crippen LogP contribution < -0.4 is 0 Å². The molecule has 1 heterocycles. The minimum absolute atomic E-state index is 0.0134. The molecular formula is C12H14N2O. The van der Waals surface area contributed by atoms with Crippen LogP contribution in [0.2, 0.25) is 0 Å². The van der Waals surface area contributed by atoms with Gasteiger partial charge in [-0.15, -0.1) is 0 Å². The highest BCUT2D eigenvalue weighted by atomic mass is 16.3. The van der Waals surface area contributed by atoms with E-state index < -0.39 is 0 Å². The highest BCUT2D eigenvalue weighted by Gasteiger charge is 1.99. The molecule has 15 heavy (non-hydrogen) atoms. The molecule has 0 bridgehead atoms. The van der Waals surface area contributed by atoms with E-state index in [2.05, 4.69) is 24.0 Å². The number of hydrogen-bond acceptors (Lipinski definition) is 2. The van der Waals surface area contributed by atoms with Crippen molar-refractivity contribution in [3.63, 3.8) is 0 Å². The molecule has 0 atom stereocenters. The molecule has 0 fully saturated rings. The van der Waals surface area contributed by atoms with E-state index in [4.69, 9.17) is 5.11 Å². The molecule has 0 saturated carbocycles. The molecule has 1 aromatic heterocycles. The minimum Gasteiger partial charge on any atom is -0.390 e. The van der Waals surface area contributed by atoms with Crippen LogP contribution in [0.25, 0.3) is 5.69 Å². The number of aliphatic hydroxyl groups excluding tert-OH is 1. The van der Waals surface area contributed by atoms with E-state index in [0.29, 0.717) is 5.69 Å². The van der Waals surface area contributed by atoms with E-state index in [1.54, 1.807) is 6.33 Å². The topological polar surface area (TPSA) is 38.0 Å². The van der Waals surface area contributed by atoms with Gasteiger partial charge in [0.1, 0.15) is 0 Å². The summed E-state index contributed by atoms with van der Waals surface area (Å²) >= 11 is 0. The first-order valence-corrected chi connectivity index (χ1v) is 5.06. The molecule has 0 radical (unpaired) electrons. The first-order valence-electron chi connectivity index (χ1n) is 5.06. The molecule has 0 spiro atoms. The lowest BCUT2D eigenvalue weighted by Gasteiger charge is -2.03. The molecule has 2 rings (SSSR count). The van der Waals surface area contributed by atoms with Crippen molar-refractivity contribution in [3.05, 3.63) is 48.0 Å². The summed E-state index contributed by atoms with van der Waals surface area (Å²) in [5.74, 6) is 0. The summed E-state index contributed by atoms with van der Waals surface area (Å²) in [5, 5.41) is 8.92. The molecule has 0 aliphatic rings. The second kappa shape index (κ2) is 4.28. The Kier molecular flexibility index (Phi) is 2.83. The van der Waals surface area contributed by atoms with Crippen LogP contribution in [-0.4, -0.2) is 14.7 Å². The first kappa shape index (κ1) is 9.93. The monoisotopic (exact) mass is 202 g/mol. The molecular weight excluding hydrogens is 188 g/mol. The van der Waals surface area contributed by atoms with Crippen molar-refractivity contribution in [2.75, 3.05) is 0 Å². The molecule has 3 nitrogen and oxygen atoms in total. The molecule has 1 N–H and O–H groups in total. The van der Waals surface area contributed by atoms with Crippen molar-refractivity contribution >= 4 is 0 Å². The average Bonchev–Trinajstić information content (AvgIpc) is 2.78. The molecule has 0 aliphatic carbocycles. The number of hydrogen-bond donors (Lipinski definition) is 1. The molecule has 0 unspecified atom stereocenters. The fourth-order valence-corrected chi connectivity index (χ4v) is 1.52. The zero-order chi connectivity index (χ0) is 10.7. The summed E-state index contributed by atoms with van der Waals surface area (Å²) in [4.78, 5) is 4.08. The Bertz CT molecular complexity index is 448. The fraction of sp³-hybridized carbons (Fsp3) is 0.250. The Balaban J connectivity index is 2.35. The second-order valence-electron chi connectivity index (χ2n) is 3.45. The molecule has 2 aromatic rings. The number of aromatic nitrogens is 2. The number of aliphatic hydroxyl groups is 1. The van der Waals surface area contributed by atoms with Crippen molar-refractivity contribution in [2.24, 2.45) is 0 Å². The second-order valence-corrected chi connectivity index (χ2v) is 3.45. The van der Waals surface area contributed by atoms with Crippen molar-refractivity contribution in [1.29, 1.82) is 0 Å². The lowest BCUT2D eigenvalue weighted by molar-refractivity contribution is 0.277. The van der Waals surface area contributed by atoms with Crippen molar-refractivity contribution in [2.45, 2.75) is 20.0 Å². The van der Waals surface area contributed by atoms with Gasteiger partial charge in [-0.3, -0.25) is 0 Å². The SMILES string of the molecule is CCc1cccc(-n2cnc(CO)c2)c1. The van der Waals surface area contributed by atoms with E-state index in [9.17, 15) is 0 Å². The van der Waals surface area contributed by atoms with E-state index in [0.717, 1.165) is 12.1 Å². The van der Waals surface area contributed by atoms with Crippen LogP contribution in [0.3, 0.4) is 0 Å². The Labute approximate surface area is 89.0 Å². The van der Waals surface area contributed by atoms with Gasteiger partial charge in [0.05, 0.1) is 18.6 Å². The lowest BCUT2D eigenvalue weighted by Crippen LogP contribution is -1.91. The van der Waals surface area contributed by atoms with Crippen LogP contribution in [0.4, 0.5) is 0 Å². The Morgan fingerprint density at radius 2 is 2.27 bits per heavy atom. The molecule has 3 heteroatoms.